The third-order valence-corrected chi connectivity index (χ3v) is 4.59. The molecule has 0 heterocycles. The molecule has 0 fully saturated rings. The van der Waals surface area contributed by atoms with Gasteiger partial charge in [-0.1, -0.05) is 11.6 Å². The average molecular weight is 386 g/mol. The van der Waals surface area contributed by atoms with Gasteiger partial charge in [0.2, 0.25) is 0 Å². The van der Waals surface area contributed by atoms with Gasteiger partial charge in [-0.3, -0.25) is 24.0 Å². The maximum atomic E-state index is 12.4. The standard InChI is InChI=1S/C15H13ClNO7P/c1-22-25(21,24-14-8-6-13(7-9-14)17(19)20)23-10-15(18)11-2-4-12(16)5-3-11/h2-9H,10H2,1H3. The van der Waals surface area contributed by atoms with E-state index >= 15 is 0 Å². The molecular weight excluding hydrogens is 373 g/mol. The van der Waals surface area contributed by atoms with E-state index in [4.69, 9.17) is 25.2 Å². The van der Waals surface area contributed by atoms with E-state index in [9.17, 15) is 19.5 Å². The van der Waals surface area contributed by atoms with E-state index in [0.29, 0.717) is 10.6 Å². The molecule has 1 unspecified atom stereocenters. The summed E-state index contributed by atoms with van der Waals surface area (Å²) >= 11 is 5.74. The second kappa shape index (κ2) is 8.22. The Kier molecular flexibility index (Phi) is 6.27. The molecule has 10 heteroatoms. The summed E-state index contributed by atoms with van der Waals surface area (Å²) in [6.45, 7) is -0.542. The van der Waals surface area contributed by atoms with Gasteiger partial charge in [-0.15, -0.1) is 0 Å². The van der Waals surface area contributed by atoms with Crippen molar-refractivity contribution in [2.24, 2.45) is 0 Å². The lowest BCUT2D eigenvalue weighted by atomic mass is 10.1. The number of phosphoric acid groups is 1. The van der Waals surface area contributed by atoms with Crippen molar-refractivity contribution in [1.29, 1.82) is 0 Å². The Morgan fingerprint density at radius 2 is 1.76 bits per heavy atom. The number of ketones is 1. The molecule has 2 rings (SSSR count). The lowest BCUT2D eigenvalue weighted by Gasteiger charge is -2.16. The zero-order chi connectivity index (χ0) is 18.4. The Hall–Kier alpha value is -2.25. The van der Waals surface area contributed by atoms with Crippen molar-refractivity contribution in [2.75, 3.05) is 13.7 Å². The van der Waals surface area contributed by atoms with Crippen LogP contribution in [0.25, 0.3) is 0 Å². The summed E-state index contributed by atoms with van der Waals surface area (Å²) < 4.78 is 27.2. The second-order valence-electron chi connectivity index (χ2n) is 4.68. The van der Waals surface area contributed by atoms with Gasteiger partial charge < -0.3 is 4.52 Å². The normalized spacial score (nSPS) is 13.0. The van der Waals surface area contributed by atoms with E-state index in [-0.39, 0.29) is 11.4 Å². The Balaban J connectivity index is 2.01. The number of Topliss-reactive ketones (excluding diaryl/α,β-unsaturated/α-hetero) is 1. The summed E-state index contributed by atoms with van der Waals surface area (Å²) in [7, 11) is -2.97. The van der Waals surface area contributed by atoms with Crippen LogP contribution in [-0.2, 0) is 13.6 Å². The second-order valence-corrected chi connectivity index (χ2v) is 6.81. The first kappa shape index (κ1) is 19.1. The van der Waals surface area contributed by atoms with Gasteiger partial charge in [0.1, 0.15) is 12.4 Å². The Labute approximate surface area is 148 Å². The van der Waals surface area contributed by atoms with E-state index in [2.05, 4.69) is 0 Å². The number of hydrogen-bond donors (Lipinski definition) is 0. The number of rotatable bonds is 8. The molecule has 1 atom stereocenters. The van der Waals surface area contributed by atoms with Gasteiger partial charge in [-0.25, -0.2) is 4.57 Å². The molecule has 0 radical (unpaired) electrons. The van der Waals surface area contributed by atoms with Crippen molar-refractivity contribution in [3.8, 4) is 5.75 Å². The highest BCUT2D eigenvalue weighted by Gasteiger charge is 2.28. The monoisotopic (exact) mass is 385 g/mol. The lowest BCUT2D eigenvalue weighted by Crippen LogP contribution is -2.10. The van der Waals surface area contributed by atoms with Crippen molar-refractivity contribution in [2.45, 2.75) is 0 Å². The van der Waals surface area contributed by atoms with Gasteiger partial charge in [-0.2, -0.15) is 0 Å². The molecular formula is C15H13ClNO7P. The summed E-state index contributed by atoms with van der Waals surface area (Å²) in [5.41, 5.74) is 0.167. The number of nitro groups is 1. The van der Waals surface area contributed by atoms with E-state index in [1.54, 1.807) is 0 Å². The summed E-state index contributed by atoms with van der Waals surface area (Å²) in [5.74, 6) is -0.407. The lowest BCUT2D eigenvalue weighted by molar-refractivity contribution is -0.384. The molecule has 0 aliphatic rings. The van der Waals surface area contributed by atoms with Crippen molar-refractivity contribution in [1.82, 2.24) is 0 Å². The van der Waals surface area contributed by atoms with Crippen LogP contribution in [0.15, 0.2) is 48.5 Å². The molecule has 0 N–H and O–H groups in total. The Bertz CT molecular complexity index is 808. The van der Waals surface area contributed by atoms with Crippen LogP contribution in [0.3, 0.4) is 0 Å². The van der Waals surface area contributed by atoms with E-state index in [1.807, 2.05) is 0 Å². The highest BCUT2D eigenvalue weighted by Crippen LogP contribution is 2.48. The van der Waals surface area contributed by atoms with Gasteiger partial charge in [0.25, 0.3) is 5.69 Å². The molecule has 8 nitrogen and oxygen atoms in total. The summed E-state index contributed by atoms with van der Waals surface area (Å²) in [6.07, 6.45) is 0. The smallest absolute Gasteiger partial charge is 0.404 e. The van der Waals surface area contributed by atoms with Crippen molar-refractivity contribution < 1.29 is 27.9 Å². The SMILES string of the molecule is COP(=O)(OCC(=O)c1ccc(Cl)cc1)Oc1ccc([N+](=O)[O-])cc1. The molecule has 0 bridgehead atoms. The third-order valence-electron chi connectivity index (χ3n) is 3.01. The number of nitrogens with zero attached hydrogens (tertiary/aromatic N) is 1. The fourth-order valence-electron chi connectivity index (χ4n) is 1.73. The van der Waals surface area contributed by atoms with Crippen LogP contribution in [0.2, 0.25) is 5.02 Å². The van der Waals surface area contributed by atoms with Gasteiger partial charge >= 0.3 is 7.82 Å². The van der Waals surface area contributed by atoms with Crippen molar-refractivity contribution in [3.63, 3.8) is 0 Å². The van der Waals surface area contributed by atoms with Crippen LogP contribution in [0.4, 0.5) is 5.69 Å². The third kappa shape index (κ3) is 5.37. The number of carbonyl (C=O) groups is 1. The van der Waals surface area contributed by atoms with Crippen LogP contribution in [0, 0.1) is 10.1 Å². The van der Waals surface area contributed by atoms with Crippen LogP contribution in [0.1, 0.15) is 10.4 Å². The quantitative estimate of drug-likeness (QED) is 0.289. The van der Waals surface area contributed by atoms with E-state index in [0.717, 1.165) is 7.11 Å². The molecule has 0 amide bonds. The van der Waals surface area contributed by atoms with Crippen molar-refractivity contribution >= 4 is 30.9 Å². The first-order chi connectivity index (χ1) is 11.8. The van der Waals surface area contributed by atoms with Crippen LogP contribution in [0.5, 0.6) is 5.75 Å². The number of phosphoric ester groups is 1. The van der Waals surface area contributed by atoms with Crippen LogP contribution in [-0.4, -0.2) is 24.4 Å². The number of nitro benzene ring substituents is 1. The van der Waals surface area contributed by atoms with E-state index < -0.39 is 25.1 Å². The molecule has 0 aliphatic carbocycles. The topological polar surface area (TPSA) is 105 Å². The Morgan fingerprint density at radius 3 is 2.28 bits per heavy atom. The molecule has 2 aromatic rings. The molecule has 0 saturated heterocycles. The highest BCUT2D eigenvalue weighted by molar-refractivity contribution is 7.48. The maximum absolute atomic E-state index is 12.4. The molecule has 0 aliphatic heterocycles. The number of halogens is 1. The number of hydrogen-bond acceptors (Lipinski definition) is 7. The number of carbonyl (C=O) groups excluding carboxylic acids is 1. The summed E-state index contributed by atoms with van der Waals surface area (Å²) in [6, 6.07) is 10.9. The minimum atomic E-state index is -4.06. The summed E-state index contributed by atoms with van der Waals surface area (Å²) in [5, 5.41) is 11.1. The minimum Gasteiger partial charge on any atom is -0.404 e. The molecule has 0 spiro atoms. The zero-order valence-corrected chi connectivity index (χ0v) is 14.6. The molecule has 2 aromatic carbocycles. The maximum Gasteiger partial charge on any atom is 0.530 e. The molecule has 132 valence electrons. The molecule has 0 saturated carbocycles. The van der Waals surface area contributed by atoms with Crippen molar-refractivity contribution in [3.05, 3.63) is 69.2 Å². The number of non-ortho nitro benzene ring substituents is 1. The van der Waals surface area contributed by atoms with Gasteiger partial charge in [0.05, 0.1) is 4.92 Å². The fourth-order valence-corrected chi connectivity index (χ4v) is 2.74. The molecule has 0 aromatic heterocycles. The van der Waals surface area contributed by atoms with Gasteiger partial charge in [0, 0.05) is 29.8 Å². The zero-order valence-electron chi connectivity index (χ0n) is 13.0. The highest BCUT2D eigenvalue weighted by atomic mass is 35.5. The predicted molar refractivity (Wildman–Crippen MR) is 90.1 cm³/mol. The van der Waals surface area contributed by atoms with Crippen LogP contribution >= 0.6 is 19.4 Å². The Morgan fingerprint density at radius 1 is 1.16 bits per heavy atom. The van der Waals surface area contributed by atoms with E-state index in [1.165, 1.54) is 48.5 Å². The minimum absolute atomic E-state index is 0.0368. The predicted octanol–water partition coefficient (Wildman–Crippen LogP) is 4.28. The van der Waals surface area contributed by atoms with Gasteiger partial charge in [0.15, 0.2) is 5.78 Å². The largest absolute Gasteiger partial charge is 0.530 e. The average Bonchev–Trinajstić information content (AvgIpc) is 2.61. The fraction of sp³-hybridized carbons (Fsp3) is 0.133. The first-order valence-electron chi connectivity index (χ1n) is 6.86. The van der Waals surface area contributed by atoms with Gasteiger partial charge in [-0.05, 0) is 36.4 Å². The number of benzene rings is 2. The first-order valence-corrected chi connectivity index (χ1v) is 8.70. The molecule has 25 heavy (non-hydrogen) atoms. The summed E-state index contributed by atoms with van der Waals surface area (Å²) in [4.78, 5) is 22.0. The van der Waals surface area contributed by atoms with Crippen LogP contribution < -0.4 is 4.52 Å².